The quantitative estimate of drug-likeness (QED) is 0.633. The SMILES string of the molecule is Cn1cc(I)c(C(=O)Nc2cnn(Cc3cccc(Cl)c3)c2)n1. The number of nitrogens with zero attached hydrogens (tertiary/aromatic N) is 4. The van der Waals surface area contributed by atoms with E-state index in [-0.39, 0.29) is 5.91 Å². The number of nitrogens with one attached hydrogen (secondary N) is 1. The van der Waals surface area contributed by atoms with Crippen LogP contribution in [0.25, 0.3) is 0 Å². The van der Waals surface area contributed by atoms with E-state index in [1.807, 2.05) is 24.3 Å². The first-order chi connectivity index (χ1) is 11.0. The van der Waals surface area contributed by atoms with Gasteiger partial charge in [0, 0.05) is 24.5 Å². The molecule has 3 aromatic rings. The van der Waals surface area contributed by atoms with Gasteiger partial charge in [0.25, 0.3) is 5.91 Å². The van der Waals surface area contributed by atoms with Gasteiger partial charge in [-0.05, 0) is 40.3 Å². The average molecular weight is 442 g/mol. The van der Waals surface area contributed by atoms with Crippen molar-refractivity contribution in [3.63, 3.8) is 0 Å². The standard InChI is InChI=1S/C15H13ClIN5O/c1-21-9-13(17)14(20-21)15(23)19-12-6-18-22(8-12)7-10-3-2-4-11(16)5-10/h2-6,8-9H,7H2,1H3,(H,19,23). The number of aromatic nitrogens is 4. The molecule has 0 unspecified atom stereocenters. The first-order valence-corrected chi connectivity index (χ1v) is 8.24. The Balaban J connectivity index is 1.70. The van der Waals surface area contributed by atoms with E-state index < -0.39 is 0 Å². The van der Waals surface area contributed by atoms with Gasteiger partial charge in [0.1, 0.15) is 0 Å². The van der Waals surface area contributed by atoms with E-state index in [2.05, 4.69) is 38.1 Å². The normalized spacial score (nSPS) is 10.7. The monoisotopic (exact) mass is 441 g/mol. The van der Waals surface area contributed by atoms with Crippen LogP contribution in [0.15, 0.2) is 42.9 Å². The minimum absolute atomic E-state index is 0.252. The average Bonchev–Trinajstić information content (AvgIpc) is 3.05. The maximum absolute atomic E-state index is 12.2. The predicted octanol–water partition coefficient (Wildman–Crippen LogP) is 3.18. The third-order valence-electron chi connectivity index (χ3n) is 3.12. The lowest BCUT2D eigenvalue weighted by Crippen LogP contribution is -2.13. The molecule has 0 spiro atoms. The molecule has 1 N–H and O–H groups in total. The fourth-order valence-electron chi connectivity index (χ4n) is 2.14. The molecule has 0 bridgehead atoms. The highest BCUT2D eigenvalue weighted by atomic mass is 127. The lowest BCUT2D eigenvalue weighted by molar-refractivity contribution is 0.102. The molecule has 1 amide bonds. The summed E-state index contributed by atoms with van der Waals surface area (Å²) < 4.78 is 4.15. The Morgan fingerprint density at radius 3 is 2.91 bits per heavy atom. The van der Waals surface area contributed by atoms with Gasteiger partial charge in [-0.2, -0.15) is 10.2 Å². The lowest BCUT2D eigenvalue weighted by atomic mass is 10.2. The van der Waals surface area contributed by atoms with Crippen LogP contribution in [-0.2, 0) is 13.6 Å². The van der Waals surface area contributed by atoms with E-state index in [0.717, 1.165) is 9.13 Å². The molecule has 8 heteroatoms. The highest BCUT2D eigenvalue weighted by molar-refractivity contribution is 14.1. The number of benzene rings is 1. The van der Waals surface area contributed by atoms with E-state index in [9.17, 15) is 4.79 Å². The molecule has 0 aliphatic rings. The van der Waals surface area contributed by atoms with Crippen LogP contribution in [0, 0.1) is 3.57 Å². The molecule has 1 aromatic carbocycles. The summed E-state index contributed by atoms with van der Waals surface area (Å²) in [6.45, 7) is 0.581. The maximum Gasteiger partial charge on any atom is 0.277 e. The summed E-state index contributed by atoms with van der Waals surface area (Å²) in [6.07, 6.45) is 5.17. The van der Waals surface area contributed by atoms with Crippen molar-refractivity contribution in [1.29, 1.82) is 0 Å². The van der Waals surface area contributed by atoms with Crippen molar-refractivity contribution in [3.05, 3.63) is 62.7 Å². The number of carbonyl (C=O) groups is 1. The Morgan fingerprint density at radius 2 is 2.22 bits per heavy atom. The van der Waals surface area contributed by atoms with Crippen molar-refractivity contribution in [1.82, 2.24) is 19.6 Å². The van der Waals surface area contributed by atoms with Gasteiger partial charge in [0.2, 0.25) is 0 Å². The van der Waals surface area contributed by atoms with E-state index >= 15 is 0 Å². The van der Waals surface area contributed by atoms with Gasteiger partial charge in [0.05, 0.1) is 22.0 Å². The van der Waals surface area contributed by atoms with E-state index in [1.54, 1.807) is 35.0 Å². The molecule has 0 aliphatic carbocycles. The van der Waals surface area contributed by atoms with Crippen LogP contribution in [0.1, 0.15) is 16.1 Å². The summed E-state index contributed by atoms with van der Waals surface area (Å²) >= 11 is 8.06. The Hall–Kier alpha value is -1.87. The first-order valence-electron chi connectivity index (χ1n) is 6.78. The van der Waals surface area contributed by atoms with Gasteiger partial charge >= 0.3 is 0 Å². The molecule has 23 heavy (non-hydrogen) atoms. The predicted molar refractivity (Wildman–Crippen MR) is 96.7 cm³/mol. The number of aryl methyl sites for hydroxylation is 1. The highest BCUT2D eigenvalue weighted by Gasteiger charge is 2.15. The number of anilines is 1. The van der Waals surface area contributed by atoms with Gasteiger partial charge < -0.3 is 5.32 Å². The fourth-order valence-corrected chi connectivity index (χ4v) is 3.11. The molecule has 0 aliphatic heterocycles. The molecule has 0 saturated heterocycles. The van der Waals surface area contributed by atoms with Crippen LogP contribution in [0.4, 0.5) is 5.69 Å². The number of carbonyl (C=O) groups excluding carboxylic acids is 1. The van der Waals surface area contributed by atoms with Crippen molar-refractivity contribution in [2.24, 2.45) is 7.05 Å². The third-order valence-corrected chi connectivity index (χ3v) is 4.15. The highest BCUT2D eigenvalue weighted by Crippen LogP contribution is 2.15. The molecule has 0 atom stereocenters. The van der Waals surface area contributed by atoms with Gasteiger partial charge in [-0.3, -0.25) is 14.2 Å². The second-order valence-electron chi connectivity index (χ2n) is 5.01. The summed E-state index contributed by atoms with van der Waals surface area (Å²) in [4.78, 5) is 12.2. The number of halogens is 2. The van der Waals surface area contributed by atoms with Crippen molar-refractivity contribution >= 4 is 45.8 Å². The number of rotatable bonds is 4. The van der Waals surface area contributed by atoms with Crippen molar-refractivity contribution < 1.29 is 4.79 Å². The lowest BCUT2D eigenvalue weighted by Gasteiger charge is -2.02. The molecule has 6 nitrogen and oxygen atoms in total. The van der Waals surface area contributed by atoms with E-state index in [4.69, 9.17) is 11.6 Å². The second-order valence-corrected chi connectivity index (χ2v) is 6.61. The second kappa shape index (κ2) is 6.71. The maximum atomic E-state index is 12.2. The molecule has 0 fully saturated rings. The van der Waals surface area contributed by atoms with E-state index in [1.165, 1.54) is 0 Å². The minimum Gasteiger partial charge on any atom is -0.318 e. The minimum atomic E-state index is -0.252. The van der Waals surface area contributed by atoms with E-state index in [0.29, 0.717) is 22.9 Å². The summed E-state index contributed by atoms with van der Waals surface area (Å²) in [6, 6.07) is 7.58. The van der Waals surface area contributed by atoms with Crippen molar-refractivity contribution in [2.75, 3.05) is 5.32 Å². The van der Waals surface area contributed by atoms with Gasteiger partial charge in [-0.1, -0.05) is 23.7 Å². The summed E-state index contributed by atoms with van der Waals surface area (Å²) in [5, 5.41) is 11.9. The molecular formula is C15H13ClIN5O. The Morgan fingerprint density at radius 1 is 1.39 bits per heavy atom. The number of hydrogen-bond donors (Lipinski definition) is 1. The molecule has 118 valence electrons. The summed E-state index contributed by atoms with van der Waals surface area (Å²) in [5.74, 6) is -0.252. The smallest absolute Gasteiger partial charge is 0.277 e. The fraction of sp³-hybridized carbons (Fsp3) is 0.133. The number of amides is 1. The first kappa shape index (κ1) is 16.0. The zero-order valence-electron chi connectivity index (χ0n) is 12.2. The topological polar surface area (TPSA) is 64.7 Å². The van der Waals surface area contributed by atoms with Crippen molar-refractivity contribution in [2.45, 2.75) is 6.54 Å². The molecule has 3 rings (SSSR count). The van der Waals surface area contributed by atoms with Crippen LogP contribution in [0.3, 0.4) is 0 Å². The van der Waals surface area contributed by atoms with Crippen LogP contribution in [0.5, 0.6) is 0 Å². The third kappa shape index (κ3) is 3.91. The molecule has 2 heterocycles. The zero-order valence-corrected chi connectivity index (χ0v) is 15.1. The van der Waals surface area contributed by atoms with Gasteiger partial charge in [0.15, 0.2) is 5.69 Å². The summed E-state index contributed by atoms with van der Waals surface area (Å²) in [7, 11) is 1.78. The van der Waals surface area contributed by atoms with Crippen LogP contribution >= 0.6 is 34.2 Å². The Kier molecular flexibility index (Phi) is 4.67. The zero-order chi connectivity index (χ0) is 16.4. The van der Waals surface area contributed by atoms with Crippen LogP contribution in [0.2, 0.25) is 5.02 Å². The van der Waals surface area contributed by atoms with Gasteiger partial charge in [-0.25, -0.2) is 0 Å². The molecule has 0 radical (unpaired) electrons. The Labute approximate surface area is 151 Å². The van der Waals surface area contributed by atoms with Gasteiger partial charge in [-0.15, -0.1) is 0 Å². The largest absolute Gasteiger partial charge is 0.318 e. The molecular weight excluding hydrogens is 429 g/mol. The Bertz CT molecular complexity index is 857. The summed E-state index contributed by atoms with van der Waals surface area (Å²) in [5.41, 5.74) is 2.06. The molecule has 0 saturated carbocycles. The molecule has 2 aromatic heterocycles. The van der Waals surface area contributed by atoms with Crippen molar-refractivity contribution in [3.8, 4) is 0 Å². The van der Waals surface area contributed by atoms with Crippen LogP contribution < -0.4 is 5.32 Å². The van der Waals surface area contributed by atoms with Crippen LogP contribution in [-0.4, -0.2) is 25.5 Å². The number of hydrogen-bond acceptors (Lipinski definition) is 3.